The number of hydrogen-bond donors (Lipinski definition) is 2. The zero-order valence-electron chi connectivity index (χ0n) is 18.5. The van der Waals surface area contributed by atoms with E-state index in [0.717, 1.165) is 28.7 Å². The van der Waals surface area contributed by atoms with E-state index in [2.05, 4.69) is 4.98 Å². The van der Waals surface area contributed by atoms with Gasteiger partial charge in [-0.2, -0.15) is 4.98 Å². The van der Waals surface area contributed by atoms with Crippen LogP contribution < -0.4 is 15.2 Å². The molecule has 33 heavy (non-hydrogen) atoms. The number of halogens is 2. The minimum Gasteiger partial charge on any atom is -0.479 e. The number of ether oxygens (including phenoxy) is 2. The first-order chi connectivity index (χ1) is 15.8. The Morgan fingerprint density at radius 3 is 2.55 bits per heavy atom. The quantitative estimate of drug-likeness (QED) is 0.412. The van der Waals surface area contributed by atoms with Gasteiger partial charge in [-0.3, -0.25) is 0 Å². The summed E-state index contributed by atoms with van der Waals surface area (Å²) in [6.07, 6.45) is 0.181. The van der Waals surface area contributed by atoms with Gasteiger partial charge in [-0.05, 0) is 60.2 Å². The predicted octanol–water partition coefficient (Wildman–Crippen LogP) is 5.61. The summed E-state index contributed by atoms with van der Waals surface area (Å²) in [7, 11) is 0. The summed E-state index contributed by atoms with van der Waals surface area (Å²) < 4.78 is 39.5. The van der Waals surface area contributed by atoms with Crippen LogP contribution in [-0.2, 0) is 11.3 Å². The Balaban J connectivity index is 1.90. The number of nitrogens with two attached hydrogens (primary N) is 1. The van der Waals surface area contributed by atoms with E-state index in [4.69, 9.17) is 15.2 Å². The van der Waals surface area contributed by atoms with Gasteiger partial charge in [-0.25, -0.2) is 13.6 Å². The molecule has 0 aliphatic heterocycles. The van der Waals surface area contributed by atoms with Crippen LogP contribution in [-0.4, -0.2) is 22.2 Å². The normalized spacial score (nSPS) is 11.8. The second kappa shape index (κ2) is 10.9. The average Bonchev–Trinajstić information content (AvgIpc) is 2.78. The summed E-state index contributed by atoms with van der Waals surface area (Å²) in [6.45, 7) is 4.15. The summed E-state index contributed by atoms with van der Waals surface area (Å²) >= 11 is 0. The topological polar surface area (TPSA) is 94.7 Å². The molecule has 3 aromatic rings. The van der Waals surface area contributed by atoms with Crippen molar-refractivity contribution in [2.45, 2.75) is 45.8 Å². The number of rotatable bonds is 10. The zero-order chi connectivity index (χ0) is 24.0. The van der Waals surface area contributed by atoms with Gasteiger partial charge in [0.25, 0.3) is 11.8 Å². The number of benzene rings is 2. The molecule has 1 atom stereocenters. The minimum absolute atomic E-state index is 0.170. The van der Waals surface area contributed by atoms with E-state index in [-0.39, 0.29) is 12.2 Å². The highest BCUT2D eigenvalue weighted by atomic mass is 19.1. The number of aliphatic carboxylic acids is 1. The Morgan fingerprint density at radius 2 is 1.85 bits per heavy atom. The van der Waals surface area contributed by atoms with Crippen molar-refractivity contribution in [1.82, 2.24) is 4.98 Å². The molecule has 1 aromatic heterocycles. The maximum absolute atomic E-state index is 14.4. The predicted molar refractivity (Wildman–Crippen MR) is 120 cm³/mol. The van der Waals surface area contributed by atoms with Crippen LogP contribution in [0.1, 0.15) is 37.3 Å². The Labute approximate surface area is 191 Å². The monoisotopic (exact) mass is 456 g/mol. The van der Waals surface area contributed by atoms with E-state index in [1.165, 1.54) is 0 Å². The van der Waals surface area contributed by atoms with Crippen LogP contribution in [0.5, 0.6) is 17.5 Å². The highest BCUT2D eigenvalue weighted by Crippen LogP contribution is 2.32. The lowest BCUT2D eigenvalue weighted by molar-refractivity contribution is -0.145. The number of pyridine rings is 1. The zero-order valence-corrected chi connectivity index (χ0v) is 18.5. The summed E-state index contributed by atoms with van der Waals surface area (Å²) in [5, 5.41) is 9.33. The molecule has 0 fully saturated rings. The molecule has 0 amide bonds. The Bertz CT molecular complexity index is 1140. The molecule has 2 aromatic carbocycles. The fraction of sp³-hybridized carbons (Fsp3) is 0.280. The van der Waals surface area contributed by atoms with Crippen LogP contribution >= 0.6 is 0 Å². The summed E-state index contributed by atoms with van der Waals surface area (Å²) in [6, 6.07) is 13.6. The fourth-order valence-corrected chi connectivity index (χ4v) is 3.31. The number of nitrogens with zero attached hydrogens (tertiary/aromatic N) is 1. The number of hydrogen-bond acceptors (Lipinski definition) is 5. The molecule has 3 N–H and O–H groups in total. The lowest BCUT2D eigenvalue weighted by Gasteiger charge is -2.16. The number of carboxylic acids is 1. The second-order valence-corrected chi connectivity index (χ2v) is 7.69. The molecule has 0 saturated heterocycles. The largest absolute Gasteiger partial charge is 0.479 e. The Morgan fingerprint density at radius 1 is 1.09 bits per heavy atom. The van der Waals surface area contributed by atoms with Crippen molar-refractivity contribution >= 4 is 5.97 Å². The van der Waals surface area contributed by atoms with Crippen molar-refractivity contribution in [2.75, 3.05) is 0 Å². The van der Waals surface area contributed by atoms with Gasteiger partial charge < -0.3 is 20.3 Å². The number of carboxylic acid groups (broad SMARTS) is 1. The molecular formula is C25H26F2N2O4. The molecule has 0 saturated carbocycles. The SMILES string of the molecule is CCCCC(Oc1nc(Oc2cc(C)cc(-c3cccc(CN)c3)c2)c(F)cc1F)C(=O)O. The smallest absolute Gasteiger partial charge is 0.344 e. The molecule has 0 aliphatic rings. The standard InChI is InChI=1S/C25H26F2N2O4/c1-3-4-8-22(25(30)31)33-24-21(27)13-20(26)23(29-24)32-19-10-15(2)9-18(12-19)17-7-5-6-16(11-17)14-28/h5-7,9-13,22H,3-4,8,14,28H2,1-2H3,(H,30,31). The molecule has 0 bridgehead atoms. The third-order valence-electron chi connectivity index (χ3n) is 4.98. The highest BCUT2D eigenvalue weighted by Gasteiger charge is 2.23. The van der Waals surface area contributed by atoms with Gasteiger partial charge in [0.1, 0.15) is 5.75 Å². The van der Waals surface area contributed by atoms with E-state index in [1.54, 1.807) is 12.1 Å². The molecule has 0 radical (unpaired) electrons. The molecular weight excluding hydrogens is 430 g/mol. The van der Waals surface area contributed by atoms with Gasteiger partial charge in [0, 0.05) is 12.6 Å². The molecule has 1 unspecified atom stereocenters. The number of aromatic nitrogens is 1. The maximum atomic E-state index is 14.4. The summed E-state index contributed by atoms with van der Waals surface area (Å²) in [5.41, 5.74) is 9.27. The number of aryl methyl sites for hydroxylation is 1. The summed E-state index contributed by atoms with van der Waals surface area (Å²) in [4.78, 5) is 15.2. The first-order valence-electron chi connectivity index (χ1n) is 10.6. The molecule has 6 nitrogen and oxygen atoms in total. The van der Waals surface area contributed by atoms with E-state index >= 15 is 0 Å². The number of unbranched alkanes of at least 4 members (excludes halogenated alkanes) is 1. The lowest BCUT2D eigenvalue weighted by Crippen LogP contribution is -2.27. The van der Waals surface area contributed by atoms with Gasteiger partial charge in [0.15, 0.2) is 17.7 Å². The van der Waals surface area contributed by atoms with Crippen molar-refractivity contribution in [2.24, 2.45) is 5.73 Å². The molecule has 0 spiro atoms. The molecule has 8 heteroatoms. The van der Waals surface area contributed by atoms with Crippen molar-refractivity contribution in [3.8, 4) is 28.6 Å². The third kappa shape index (κ3) is 6.26. The van der Waals surface area contributed by atoms with Crippen LogP contribution in [0.2, 0.25) is 0 Å². The van der Waals surface area contributed by atoms with Crippen LogP contribution in [0.4, 0.5) is 8.78 Å². The average molecular weight is 456 g/mol. The van der Waals surface area contributed by atoms with Crippen molar-refractivity contribution in [1.29, 1.82) is 0 Å². The van der Waals surface area contributed by atoms with Gasteiger partial charge in [0.2, 0.25) is 0 Å². The Hall–Kier alpha value is -3.52. The van der Waals surface area contributed by atoms with Crippen molar-refractivity contribution in [3.63, 3.8) is 0 Å². The number of carbonyl (C=O) groups is 1. The van der Waals surface area contributed by atoms with Crippen LogP contribution in [0.25, 0.3) is 11.1 Å². The van der Waals surface area contributed by atoms with E-state index < -0.39 is 35.5 Å². The first kappa shape index (κ1) is 24.1. The van der Waals surface area contributed by atoms with Crippen LogP contribution in [0.15, 0.2) is 48.5 Å². The van der Waals surface area contributed by atoms with Gasteiger partial charge in [0.05, 0.1) is 0 Å². The Kier molecular flexibility index (Phi) is 7.95. The van der Waals surface area contributed by atoms with Gasteiger partial charge in [-0.1, -0.05) is 37.6 Å². The molecule has 174 valence electrons. The first-order valence-corrected chi connectivity index (χ1v) is 10.6. The molecule has 3 rings (SSSR count). The van der Waals surface area contributed by atoms with Crippen LogP contribution in [0.3, 0.4) is 0 Å². The van der Waals surface area contributed by atoms with E-state index in [9.17, 15) is 18.7 Å². The van der Waals surface area contributed by atoms with E-state index in [0.29, 0.717) is 19.0 Å². The van der Waals surface area contributed by atoms with Crippen LogP contribution in [0, 0.1) is 18.6 Å². The lowest BCUT2D eigenvalue weighted by atomic mass is 10.0. The highest BCUT2D eigenvalue weighted by molar-refractivity contribution is 5.72. The minimum atomic E-state index is -1.30. The fourth-order valence-electron chi connectivity index (χ4n) is 3.31. The second-order valence-electron chi connectivity index (χ2n) is 7.69. The summed E-state index contributed by atoms with van der Waals surface area (Å²) in [5.74, 6) is -4.25. The van der Waals surface area contributed by atoms with Crippen molar-refractivity contribution < 1.29 is 28.2 Å². The molecule has 1 heterocycles. The van der Waals surface area contributed by atoms with Gasteiger partial charge >= 0.3 is 5.97 Å². The van der Waals surface area contributed by atoms with Crippen molar-refractivity contribution in [3.05, 3.63) is 71.3 Å². The third-order valence-corrected chi connectivity index (χ3v) is 4.98. The maximum Gasteiger partial charge on any atom is 0.344 e. The van der Waals surface area contributed by atoms with E-state index in [1.807, 2.05) is 44.2 Å². The molecule has 0 aliphatic carbocycles. The van der Waals surface area contributed by atoms with Gasteiger partial charge in [-0.15, -0.1) is 0 Å².